The van der Waals surface area contributed by atoms with Crippen LogP contribution in [0, 0.1) is 0 Å². The third-order valence-corrected chi connectivity index (χ3v) is 2.21. The average molecular weight is 223 g/mol. The zero-order valence-corrected chi connectivity index (χ0v) is 8.03. The Morgan fingerprint density at radius 3 is 2.88 bits per heavy atom. The van der Waals surface area contributed by atoms with Crippen molar-refractivity contribution in [2.24, 2.45) is 0 Å². The maximum Gasteiger partial charge on any atom is 0.335 e. The van der Waals surface area contributed by atoms with Gasteiger partial charge in [0, 0.05) is 11.6 Å². The van der Waals surface area contributed by atoms with E-state index in [1.165, 1.54) is 6.20 Å². The van der Waals surface area contributed by atoms with E-state index >= 15 is 0 Å². The Kier molecular flexibility index (Phi) is 2.55. The molecule has 0 amide bonds. The van der Waals surface area contributed by atoms with Crippen LogP contribution < -0.4 is 0 Å². The van der Waals surface area contributed by atoms with Crippen molar-refractivity contribution in [3.8, 4) is 0 Å². The van der Waals surface area contributed by atoms with Gasteiger partial charge in [-0.25, -0.2) is 9.78 Å². The number of nitrogens with zero attached hydrogens (tertiary/aromatic N) is 2. The van der Waals surface area contributed by atoms with Gasteiger partial charge in [0.15, 0.2) is 11.8 Å². The number of aliphatic carboxylic acids is 1. The highest BCUT2D eigenvalue weighted by Crippen LogP contribution is 2.22. The number of H-pyrrole nitrogens is 1. The molecule has 2 rings (SSSR count). The van der Waals surface area contributed by atoms with Gasteiger partial charge in [-0.15, -0.1) is 0 Å². The second kappa shape index (κ2) is 3.87. The summed E-state index contributed by atoms with van der Waals surface area (Å²) in [6.45, 7) is 0. The number of carboxylic acid groups (broad SMARTS) is 1. The fraction of sp³-hybridized carbons (Fsp3) is 0.222. The third kappa shape index (κ3) is 1.62. The number of nitrogens with one attached hydrogen (secondary N) is 1. The summed E-state index contributed by atoms with van der Waals surface area (Å²) in [5.74, 6) is -1.50. The van der Waals surface area contributed by atoms with E-state index in [-0.39, 0.29) is 5.69 Å². The quantitative estimate of drug-likeness (QED) is 0.553. The van der Waals surface area contributed by atoms with E-state index in [2.05, 4.69) is 15.2 Å². The molecular weight excluding hydrogens is 214 g/mol. The normalized spacial score (nSPS) is 14.9. The van der Waals surface area contributed by atoms with Crippen LogP contribution in [0.3, 0.4) is 0 Å². The molecule has 0 aliphatic heterocycles. The number of hydrogen-bond donors (Lipinski definition) is 4. The van der Waals surface area contributed by atoms with Crippen molar-refractivity contribution in [2.75, 3.05) is 0 Å². The molecule has 2 heterocycles. The summed E-state index contributed by atoms with van der Waals surface area (Å²) >= 11 is 0. The highest BCUT2D eigenvalue weighted by Gasteiger charge is 2.28. The number of carbonyl (C=O) groups is 1. The number of aromatic nitrogens is 3. The van der Waals surface area contributed by atoms with Crippen molar-refractivity contribution in [3.63, 3.8) is 0 Å². The lowest BCUT2D eigenvalue weighted by Gasteiger charge is -2.12. The highest BCUT2D eigenvalue weighted by atomic mass is 16.4. The van der Waals surface area contributed by atoms with Crippen molar-refractivity contribution >= 4 is 17.0 Å². The summed E-state index contributed by atoms with van der Waals surface area (Å²) in [6, 6.07) is 3.25. The van der Waals surface area contributed by atoms with Gasteiger partial charge in [-0.1, -0.05) is 0 Å². The zero-order chi connectivity index (χ0) is 11.7. The van der Waals surface area contributed by atoms with Gasteiger partial charge in [0.25, 0.3) is 0 Å². The lowest BCUT2D eigenvalue weighted by atomic mass is 10.1. The van der Waals surface area contributed by atoms with Crippen LogP contribution in [0.15, 0.2) is 18.3 Å². The molecule has 0 saturated carbocycles. The number of rotatable bonds is 3. The predicted octanol–water partition coefficient (Wildman–Crippen LogP) is -0.563. The van der Waals surface area contributed by atoms with Crippen LogP contribution in [0.25, 0.3) is 11.0 Å². The first-order valence-electron chi connectivity index (χ1n) is 4.49. The Bertz CT molecular complexity index is 524. The summed E-state index contributed by atoms with van der Waals surface area (Å²) < 4.78 is 0. The van der Waals surface area contributed by atoms with Gasteiger partial charge >= 0.3 is 5.97 Å². The minimum atomic E-state index is -1.90. The van der Waals surface area contributed by atoms with Gasteiger partial charge in [0.05, 0.1) is 5.69 Å². The Hall–Kier alpha value is -1.99. The summed E-state index contributed by atoms with van der Waals surface area (Å²) in [7, 11) is 0. The zero-order valence-electron chi connectivity index (χ0n) is 8.03. The molecule has 0 aliphatic carbocycles. The van der Waals surface area contributed by atoms with Crippen LogP contribution in [0.1, 0.15) is 11.8 Å². The van der Waals surface area contributed by atoms with Crippen molar-refractivity contribution in [2.45, 2.75) is 12.2 Å². The first-order chi connectivity index (χ1) is 7.61. The monoisotopic (exact) mass is 223 g/mol. The molecule has 0 aromatic carbocycles. The van der Waals surface area contributed by atoms with Gasteiger partial charge in [-0.3, -0.25) is 5.10 Å². The molecule has 84 valence electrons. The van der Waals surface area contributed by atoms with Crippen molar-refractivity contribution < 1.29 is 20.1 Å². The van der Waals surface area contributed by atoms with Crippen LogP contribution in [0.2, 0.25) is 0 Å². The molecule has 7 nitrogen and oxygen atoms in total. The fourth-order valence-electron chi connectivity index (χ4n) is 1.39. The van der Waals surface area contributed by atoms with Crippen molar-refractivity contribution in [3.05, 3.63) is 24.0 Å². The number of pyridine rings is 1. The molecule has 2 aromatic heterocycles. The summed E-state index contributed by atoms with van der Waals surface area (Å²) in [5.41, 5.74) is 0.493. The Labute approximate surface area is 89.4 Å². The van der Waals surface area contributed by atoms with E-state index < -0.39 is 18.2 Å². The van der Waals surface area contributed by atoms with Gasteiger partial charge in [0.2, 0.25) is 0 Å². The van der Waals surface area contributed by atoms with Crippen LogP contribution >= 0.6 is 0 Å². The molecule has 2 atom stereocenters. The maximum atomic E-state index is 10.5. The van der Waals surface area contributed by atoms with Gasteiger partial charge in [0.1, 0.15) is 6.10 Å². The SMILES string of the molecule is O=C(O)C(O)C(O)c1[nH]nc2ncccc12. The fourth-order valence-corrected chi connectivity index (χ4v) is 1.39. The summed E-state index contributed by atoms with van der Waals surface area (Å²) in [5, 5.41) is 34.1. The first kappa shape index (κ1) is 10.5. The Morgan fingerprint density at radius 2 is 2.19 bits per heavy atom. The Balaban J connectivity index is 2.44. The number of aliphatic hydroxyl groups is 2. The largest absolute Gasteiger partial charge is 0.479 e. The topological polar surface area (TPSA) is 119 Å². The van der Waals surface area contributed by atoms with Gasteiger partial charge < -0.3 is 15.3 Å². The minimum Gasteiger partial charge on any atom is -0.479 e. The van der Waals surface area contributed by atoms with Crippen LogP contribution in [-0.4, -0.2) is 42.6 Å². The van der Waals surface area contributed by atoms with Crippen molar-refractivity contribution in [1.82, 2.24) is 15.2 Å². The second-order valence-electron chi connectivity index (χ2n) is 3.24. The van der Waals surface area contributed by atoms with E-state index in [1.807, 2.05) is 0 Å². The van der Waals surface area contributed by atoms with Gasteiger partial charge in [-0.2, -0.15) is 5.10 Å². The van der Waals surface area contributed by atoms with Crippen LogP contribution in [0.5, 0.6) is 0 Å². The van der Waals surface area contributed by atoms with Crippen LogP contribution in [0.4, 0.5) is 0 Å². The third-order valence-electron chi connectivity index (χ3n) is 2.21. The number of carboxylic acids is 1. The highest BCUT2D eigenvalue weighted by molar-refractivity contribution is 5.80. The second-order valence-corrected chi connectivity index (χ2v) is 3.24. The lowest BCUT2D eigenvalue weighted by molar-refractivity contribution is -0.153. The molecule has 0 spiro atoms. The minimum absolute atomic E-state index is 0.137. The molecule has 0 fully saturated rings. The molecule has 0 radical (unpaired) electrons. The molecular formula is C9H9N3O4. The standard InChI is InChI=1S/C9H9N3O4/c13-6(7(14)9(15)16)5-4-2-1-3-10-8(4)12-11-5/h1-3,6-7,13-14H,(H,15,16)(H,10,11,12). The number of aromatic amines is 1. The number of fused-ring (bicyclic) bond motifs is 1. The summed E-state index contributed by atoms with van der Waals surface area (Å²) in [4.78, 5) is 14.4. The predicted molar refractivity (Wildman–Crippen MR) is 52.5 cm³/mol. The summed E-state index contributed by atoms with van der Waals surface area (Å²) in [6.07, 6.45) is -1.94. The van der Waals surface area contributed by atoms with Gasteiger partial charge in [-0.05, 0) is 12.1 Å². The van der Waals surface area contributed by atoms with E-state index in [9.17, 15) is 15.0 Å². The van der Waals surface area contributed by atoms with E-state index in [1.54, 1.807) is 12.1 Å². The average Bonchev–Trinajstić information content (AvgIpc) is 2.70. The molecule has 4 N–H and O–H groups in total. The Morgan fingerprint density at radius 1 is 1.44 bits per heavy atom. The van der Waals surface area contributed by atoms with E-state index in [0.29, 0.717) is 11.0 Å². The van der Waals surface area contributed by atoms with Crippen molar-refractivity contribution in [1.29, 1.82) is 0 Å². The molecule has 2 unspecified atom stereocenters. The molecule has 2 aromatic rings. The number of hydrogen-bond acceptors (Lipinski definition) is 5. The lowest BCUT2D eigenvalue weighted by Crippen LogP contribution is -2.27. The maximum absolute atomic E-state index is 10.5. The molecule has 0 aliphatic rings. The first-order valence-corrected chi connectivity index (χ1v) is 4.49. The van der Waals surface area contributed by atoms with E-state index in [4.69, 9.17) is 5.11 Å². The smallest absolute Gasteiger partial charge is 0.335 e. The van der Waals surface area contributed by atoms with Crippen LogP contribution in [-0.2, 0) is 4.79 Å². The van der Waals surface area contributed by atoms with E-state index in [0.717, 1.165) is 0 Å². The molecule has 0 bridgehead atoms. The molecule has 7 heteroatoms. The number of aliphatic hydroxyl groups excluding tert-OH is 2. The molecule has 16 heavy (non-hydrogen) atoms. The molecule has 0 saturated heterocycles.